The molecule has 3 rings (SSSR count). The van der Waals surface area contributed by atoms with Crippen LogP contribution in [-0.2, 0) is 17.8 Å². The van der Waals surface area contributed by atoms with Crippen LogP contribution in [0.2, 0.25) is 0 Å². The lowest BCUT2D eigenvalue weighted by Gasteiger charge is -2.06. The molecule has 3 aromatic rings. The Morgan fingerprint density at radius 3 is 2.59 bits per heavy atom. The summed E-state index contributed by atoms with van der Waals surface area (Å²) < 4.78 is 2.73. The lowest BCUT2D eigenvalue weighted by molar-refractivity contribution is -0.384. The number of nitrogens with zero attached hydrogens (tertiary/aromatic N) is 3. The summed E-state index contributed by atoms with van der Waals surface area (Å²) in [6.07, 6.45) is 2.25. The molecule has 0 saturated heterocycles. The van der Waals surface area contributed by atoms with Crippen LogP contribution in [0.5, 0.6) is 0 Å². The van der Waals surface area contributed by atoms with Gasteiger partial charge >= 0.3 is 0 Å². The summed E-state index contributed by atoms with van der Waals surface area (Å²) >= 11 is 3.01. The summed E-state index contributed by atoms with van der Waals surface area (Å²) in [5.74, 6) is 1.09. The van der Waals surface area contributed by atoms with E-state index in [-0.39, 0.29) is 18.0 Å². The average molecular weight is 430 g/mol. The third kappa shape index (κ3) is 5.13. The number of hydrogen-bond donors (Lipinski definition) is 0. The van der Waals surface area contributed by atoms with Crippen molar-refractivity contribution >= 4 is 44.9 Å². The number of nitro benzene ring substituents is 1. The van der Waals surface area contributed by atoms with Crippen LogP contribution < -0.4 is 4.80 Å². The molecule has 0 N–H and O–H groups in total. The average Bonchev–Trinajstić information content (AvgIpc) is 3.02. The summed E-state index contributed by atoms with van der Waals surface area (Å²) in [6, 6.07) is 12.8. The maximum Gasteiger partial charge on any atom is 0.270 e. The number of hydrogen-bond acceptors (Lipinski definition) is 5. The Hall–Kier alpha value is -2.45. The van der Waals surface area contributed by atoms with Gasteiger partial charge in [-0.05, 0) is 29.4 Å². The van der Waals surface area contributed by atoms with Crippen LogP contribution in [0.15, 0.2) is 47.5 Å². The largest absolute Gasteiger partial charge is 0.316 e. The molecule has 0 atom stereocenters. The highest BCUT2D eigenvalue weighted by molar-refractivity contribution is 7.98. The smallest absolute Gasteiger partial charge is 0.270 e. The Kier molecular flexibility index (Phi) is 6.87. The fourth-order valence-corrected chi connectivity index (χ4v) is 4.47. The molecule has 0 aliphatic rings. The van der Waals surface area contributed by atoms with Crippen molar-refractivity contribution in [3.05, 3.63) is 68.5 Å². The van der Waals surface area contributed by atoms with Gasteiger partial charge in [0.25, 0.3) is 11.6 Å². The fourth-order valence-electron chi connectivity index (χ4n) is 3.00. The van der Waals surface area contributed by atoms with E-state index in [1.807, 2.05) is 35.1 Å². The van der Waals surface area contributed by atoms with Crippen molar-refractivity contribution in [3.63, 3.8) is 0 Å². The number of aromatic nitrogens is 1. The van der Waals surface area contributed by atoms with Crippen molar-refractivity contribution in [2.24, 2.45) is 4.99 Å². The van der Waals surface area contributed by atoms with E-state index in [9.17, 15) is 14.9 Å². The van der Waals surface area contributed by atoms with Gasteiger partial charge in [0.1, 0.15) is 0 Å². The molecule has 0 aliphatic carbocycles. The third-order valence-corrected chi connectivity index (χ3v) is 6.25. The molecule has 0 spiro atoms. The van der Waals surface area contributed by atoms with Crippen LogP contribution in [0, 0.1) is 10.1 Å². The standard InChI is InChI=1S/C21H23N3O3S2/c1-14(2)16-6-4-15(5-7-16)12-20(25)22-21-23(10-11-28-3)18-9-8-17(24(26)27)13-19(18)29-21/h4-9,13-14H,10-12H2,1-3H3. The zero-order valence-corrected chi connectivity index (χ0v) is 18.3. The van der Waals surface area contributed by atoms with Gasteiger partial charge in [-0.3, -0.25) is 14.9 Å². The number of thiazole rings is 1. The summed E-state index contributed by atoms with van der Waals surface area (Å²) in [4.78, 5) is 28.2. The first-order valence-corrected chi connectivity index (χ1v) is 11.5. The van der Waals surface area contributed by atoms with Crippen LogP contribution >= 0.6 is 23.1 Å². The number of benzene rings is 2. The number of carbonyl (C=O) groups is 1. The minimum Gasteiger partial charge on any atom is -0.316 e. The molecular formula is C21H23N3O3S2. The van der Waals surface area contributed by atoms with Gasteiger partial charge in [0.2, 0.25) is 0 Å². The van der Waals surface area contributed by atoms with Gasteiger partial charge in [0, 0.05) is 24.4 Å². The van der Waals surface area contributed by atoms with Crippen molar-refractivity contribution in [3.8, 4) is 0 Å². The van der Waals surface area contributed by atoms with E-state index < -0.39 is 4.92 Å². The van der Waals surface area contributed by atoms with E-state index >= 15 is 0 Å². The first-order chi connectivity index (χ1) is 13.9. The number of carbonyl (C=O) groups excluding carboxylic acids is 1. The SMILES string of the molecule is CSCCn1c(=NC(=O)Cc2ccc(C(C)C)cc2)sc2cc([N+](=O)[O-])ccc21. The van der Waals surface area contributed by atoms with Crippen LogP contribution in [0.4, 0.5) is 5.69 Å². The number of rotatable bonds is 7. The fraction of sp³-hybridized carbons (Fsp3) is 0.333. The number of amides is 1. The predicted octanol–water partition coefficient (Wildman–Crippen LogP) is 4.77. The second kappa shape index (κ2) is 9.37. The molecule has 2 aromatic carbocycles. The van der Waals surface area contributed by atoms with Gasteiger partial charge in [-0.2, -0.15) is 16.8 Å². The van der Waals surface area contributed by atoms with Crippen molar-refractivity contribution in [1.29, 1.82) is 0 Å². The molecule has 152 valence electrons. The lowest BCUT2D eigenvalue weighted by Crippen LogP contribution is -2.18. The van der Waals surface area contributed by atoms with E-state index in [1.165, 1.54) is 23.0 Å². The highest BCUT2D eigenvalue weighted by atomic mass is 32.2. The Morgan fingerprint density at radius 1 is 1.24 bits per heavy atom. The second-order valence-corrected chi connectivity index (χ2v) is 9.01. The quantitative estimate of drug-likeness (QED) is 0.400. The van der Waals surface area contributed by atoms with Crippen molar-refractivity contribution < 1.29 is 9.72 Å². The minimum atomic E-state index is -0.409. The number of non-ortho nitro benzene ring substituents is 1. The first kappa shape index (κ1) is 21.3. The molecule has 0 aliphatic heterocycles. The molecule has 0 fully saturated rings. The van der Waals surface area contributed by atoms with Crippen molar-refractivity contribution in [2.45, 2.75) is 32.7 Å². The molecule has 1 amide bonds. The molecule has 6 nitrogen and oxygen atoms in total. The Morgan fingerprint density at radius 2 is 1.97 bits per heavy atom. The van der Waals surface area contributed by atoms with Crippen LogP contribution in [0.1, 0.15) is 30.9 Å². The van der Waals surface area contributed by atoms with Gasteiger partial charge in [0.05, 0.1) is 21.6 Å². The van der Waals surface area contributed by atoms with Crippen molar-refractivity contribution in [1.82, 2.24) is 4.57 Å². The molecule has 1 aromatic heterocycles. The number of nitro groups is 1. The Labute approximate surface area is 177 Å². The maximum atomic E-state index is 12.6. The molecule has 0 radical (unpaired) electrons. The minimum absolute atomic E-state index is 0.0406. The van der Waals surface area contributed by atoms with Crippen LogP contribution in [0.3, 0.4) is 0 Å². The molecule has 29 heavy (non-hydrogen) atoms. The molecule has 8 heteroatoms. The van der Waals surface area contributed by atoms with Crippen LogP contribution in [-0.4, -0.2) is 27.4 Å². The zero-order valence-electron chi connectivity index (χ0n) is 16.6. The highest BCUT2D eigenvalue weighted by Gasteiger charge is 2.13. The van der Waals surface area contributed by atoms with E-state index in [2.05, 4.69) is 18.8 Å². The number of thioether (sulfide) groups is 1. The van der Waals surface area contributed by atoms with Gasteiger partial charge in [-0.1, -0.05) is 49.4 Å². The number of fused-ring (bicyclic) bond motifs is 1. The van der Waals surface area contributed by atoms with Gasteiger partial charge in [-0.15, -0.1) is 0 Å². The maximum absolute atomic E-state index is 12.6. The third-order valence-electron chi connectivity index (χ3n) is 4.62. The lowest BCUT2D eigenvalue weighted by atomic mass is 10.0. The zero-order chi connectivity index (χ0) is 21.0. The van der Waals surface area contributed by atoms with Gasteiger partial charge in [0.15, 0.2) is 4.80 Å². The summed E-state index contributed by atoms with van der Waals surface area (Å²) in [6.45, 7) is 4.96. The van der Waals surface area contributed by atoms with Crippen LogP contribution in [0.25, 0.3) is 10.2 Å². The van der Waals surface area contributed by atoms with Gasteiger partial charge < -0.3 is 4.57 Å². The molecule has 0 saturated carbocycles. The molecule has 0 unspecified atom stereocenters. The van der Waals surface area contributed by atoms with E-state index in [0.29, 0.717) is 17.3 Å². The molecule has 0 bridgehead atoms. The highest BCUT2D eigenvalue weighted by Crippen LogP contribution is 2.23. The second-order valence-electron chi connectivity index (χ2n) is 7.02. The first-order valence-electron chi connectivity index (χ1n) is 9.32. The Balaban J connectivity index is 1.94. The normalized spacial score (nSPS) is 12.1. The molecule has 1 heterocycles. The van der Waals surface area contributed by atoms with Gasteiger partial charge in [-0.25, -0.2) is 0 Å². The van der Waals surface area contributed by atoms with E-state index in [1.54, 1.807) is 23.9 Å². The molecular weight excluding hydrogens is 406 g/mol. The monoisotopic (exact) mass is 429 g/mol. The topological polar surface area (TPSA) is 77.5 Å². The Bertz CT molecular complexity index is 1100. The summed E-state index contributed by atoms with van der Waals surface area (Å²) in [5.41, 5.74) is 3.07. The van der Waals surface area contributed by atoms with E-state index in [0.717, 1.165) is 21.5 Å². The van der Waals surface area contributed by atoms with E-state index in [4.69, 9.17) is 0 Å². The summed E-state index contributed by atoms with van der Waals surface area (Å²) in [5, 5.41) is 11.1. The number of aryl methyl sites for hydroxylation is 1. The van der Waals surface area contributed by atoms with Crippen molar-refractivity contribution in [2.75, 3.05) is 12.0 Å². The predicted molar refractivity (Wildman–Crippen MR) is 120 cm³/mol. The summed E-state index contributed by atoms with van der Waals surface area (Å²) in [7, 11) is 0.